The third kappa shape index (κ3) is 2.47. The summed E-state index contributed by atoms with van der Waals surface area (Å²) in [7, 11) is 0. The van der Waals surface area contributed by atoms with Gasteiger partial charge in [-0.3, -0.25) is 4.79 Å². The molecule has 0 spiro atoms. The topological polar surface area (TPSA) is 66.3 Å². The fourth-order valence-electron chi connectivity index (χ4n) is 2.85. The van der Waals surface area contributed by atoms with Crippen LogP contribution < -0.4 is 4.90 Å². The highest BCUT2D eigenvalue weighted by molar-refractivity contribution is 7.15. The predicted molar refractivity (Wildman–Crippen MR) is 86.6 cm³/mol. The second kappa shape index (κ2) is 5.68. The zero-order chi connectivity index (χ0) is 15.7. The number of hydrogen-bond acceptors (Lipinski definition) is 5. The van der Waals surface area contributed by atoms with Gasteiger partial charge in [0, 0.05) is 19.0 Å². The summed E-state index contributed by atoms with van der Waals surface area (Å²) >= 11 is 1.56. The van der Waals surface area contributed by atoms with Crippen molar-refractivity contribution < 1.29 is 9.90 Å². The Morgan fingerprint density at radius 2 is 2.05 bits per heavy atom. The summed E-state index contributed by atoms with van der Waals surface area (Å²) in [6.45, 7) is 5.30. The quantitative estimate of drug-likeness (QED) is 0.939. The number of nitrogens with zero attached hydrogens (tertiary/aromatic N) is 3. The standard InChI is InChI=1S/C16H19N3O2S/c1-11(2)13-17-18-15(22-13)19-9-8-16(10-19,14(20)21)12-6-4-3-5-7-12/h3-7,11H,8-10H2,1-2H3,(H,20,21)/t16-/m1/s1. The van der Waals surface area contributed by atoms with E-state index in [1.54, 1.807) is 11.3 Å². The van der Waals surface area contributed by atoms with E-state index in [4.69, 9.17) is 0 Å². The SMILES string of the molecule is CC(C)c1nnc(N2CC[C@](C(=O)O)(c3ccccc3)C2)s1. The first-order valence-corrected chi connectivity index (χ1v) is 8.22. The van der Waals surface area contributed by atoms with Gasteiger partial charge in [-0.15, -0.1) is 10.2 Å². The highest BCUT2D eigenvalue weighted by Crippen LogP contribution is 2.38. The summed E-state index contributed by atoms with van der Waals surface area (Å²) in [4.78, 5) is 14.0. The van der Waals surface area contributed by atoms with Crippen molar-refractivity contribution in [3.05, 3.63) is 40.9 Å². The Kier molecular flexibility index (Phi) is 3.87. The lowest BCUT2D eigenvalue weighted by Gasteiger charge is -2.25. The van der Waals surface area contributed by atoms with Crippen molar-refractivity contribution >= 4 is 22.4 Å². The molecule has 1 atom stereocenters. The number of aliphatic carboxylic acids is 1. The van der Waals surface area contributed by atoms with Gasteiger partial charge in [-0.2, -0.15) is 0 Å². The Morgan fingerprint density at radius 3 is 2.64 bits per heavy atom. The first kappa shape index (κ1) is 15.0. The Bertz CT molecular complexity index is 671. The van der Waals surface area contributed by atoms with Crippen LogP contribution in [0.1, 0.15) is 36.8 Å². The number of carbonyl (C=O) groups is 1. The molecule has 0 amide bonds. The van der Waals surface area contributed by atoms with E-state index in [9.17, 15) is 9.90 Å². The van der Waals surface area contributed by atoms with E-state index >= 15 is 0 Å². The summed E-state index contributed by atoms with van der Waals surface area (Å²) in [6, 6.07) is 9.50. The van der Waals surface area contributed by atoms with Crippen molar-refractivity contribution in [1.29, 1.82) is 0 Å². The molecule has 1 saturated heterocycles. The zero-order valence-corrected chi connectivity index (χ0v) is 13.5. The molecular formula is C16H19N3O2S. The van der Waals surface area contributed by atoms with Gasteiger partial charge in [0.1, 0.15) is 10.4 Å². The summed E-state index contributed by atoms with van der Waals surface area (Å²) in [5.74, 6) is -0.429. The van der Waals surface area contributed by atoms with Gasteiger partial charge in [0.15, 0.2) is 0 Å². The molecule has 1 N–H and O–H groups in total. The van der Waals surface area contributed by atoms with Crippen molar-refractivity contribution in [3.8, 4) is 0 Å². The molecule has 0 saturated carbocycles. The lowest BCUT2D eigenvalue weighted by atomic mass is 9.80. The summed E-state index contributed by atoms with van der Waals surface area (Å²) < 4.78 is 0. The van der Waals surface area contributed by atoms with Crippen molar-refractivity contribution in [2.24, 2.45) is 0 Å². The van der Waals surface area contributed by atoms with Crippen LogP contribution >= 0.6 is 11.3 Å². The molecule has 0 aliphatic carbocycles. The minimum Gasteiger partial charge on any atom is -0.481 e. The Labute approximate surface area is 133 Å². The molecule has 1 aliphatic heterocycles. The Balaban J connectivity index is 1.89. The van der Waals surface area contributed by atoms with Gasteiger partial charge >= 0.3 is 5.97 Å². The fraction of sp³-hybridized carbons (Fsp3) is 0.438. The van der Waals surface area contributed by atoms with E-state index < -0.39 is 11.4 Å². The van der Waals surface area contributed by atoms with E-state index in [0.717, 1.165) is 15.7 Å². The number of carboxylic acid groups (broad SMARTS) is 1. The van der Waals surface area contributed by atoms with Crippen molar-refractivity contribution in [2.75, 3.05) is 18.0 Å². The van der Waals surface area contributed by atoms with Crippen LogP contribution in [0.15, 0.2) is 30.3 Å². The smallest absolute Gasteiger partial charge is 0.316 e. The number of benzene rings is 1. The molecule has 0 radical (unpaired) electrons. The number of carboxylic acids is 1. The van der Waals surface area contributed by atoms with Crippen LogP contribution in [-0.4, -0.2) is 34.4 Å². The molecule has 6 heteroatoms. The molecular weight excluding hydrogens is 298 g/mol. The second-order valence-electron chi connectivity index (χ2n) is 6.00. The third-order valence-electron chi connectivity index (χ3n) is 4.20. The molecule has 2 aromatic rings. The van der Waals surface area contributed by atoms with E-state index in [1.165, 1.54) is 0 Å². The lowest BCUT2D eigenvalue weighted by Crippen LogP contribution is -2.39. The highest BCUT2D eigenvalue weighted by atomic mass is 32.1. The lowest BCUT2D eigenvalue weighted by molar-refractivity contribution is -0.143. The average molecular weight is 317 g/mol. The summed E-state index contributed by atoms with van der Waals surface area (Å²) in [5.41, 5.74) is 0.00359. The maximum Gasteiger partial charge on any atom is 0.316 e. The molecule has 22 heavy (non-hydrogen) atoms. The van der Waals surface area contributed by atoms with Crippen LogP contribution in [0.5, 0.6) is 0 Å². The van der Waals surface area contributed by atoms with Crippen LogP contribution in [0.2, 0.25) is 0 Å². The van der Waals surface area contributed by atoms with Crippen LogP contribution in [-0.2, 0) is 10.2 Å². The van der Waals surface area contributed by atoms with Crippen LogP contribution in [0, 0.1) is 0 Å². The van der Waals surface area contributed by atoms with Crippen molar-refractivity contribution in [1.82, 2.24) is 10.2 Å². The van der Waals surface area contributed by atoms with Gasteiger partial charge in [-0.1, -0.05) is 55.5 Å². The fourth-order valence-corrected chi connectivity index (χ4v) is 3.72. The summed E-state index contributed by atoms with van der Waals surface area (Å²) in [5, 5.41) is 20.1. The maximum atomic E-state index is 12.0. The largest absolute Gasteiger partial charge is 0.481 e. The molecule has 3 rings (SSSR count). The van der Waals surface area contributed by atoms with Gasteiger partial charge < -0.3 is 10.0 Å². The van der Waals surface area contributed by atoms with Gasteiger partial charge in [0.2, 0.25) is 5.13 Å². The van der Waals surface area contributed by atoms with E-state index in [1.807, 2.05) is 35.2 Å². The predicted octanol–water partition coefficient (Wildman–Crippen LogP) is 2.89. The van der Waals surface area contributed by atoms with E-state index in [2.05, 4.69) is 24.0 Å². The van der Waals surface area contributed by atoms with E-state index in [-0.39, 0.29) is 0 Å². The first-order valence-electron chi connectivity index (χ1n) is 7.40. The molecule has 5 nitrogen and oxygen atoms in total. The molecule has 2 heterocycles. The van der Waals surface area contributed by atoms with Gasteiger partial charge in [0.25, 0.3) is 0 Å². The minimum atomic E-state index is -0.856. The Hall–Kier alpha value is -1.95. The molecule has 116 valence electrons. The molecule has 1 fully saturated rings. The van der Waals surface area contributed by atoms with Crippen LogP contribution in [0.25, 0.3) is 0 Å². The molecule has 1 aromatic heterocycles. The number of rotatable bonds is 4. The van der Waals surface area contributed by atoms with Gasteiger partial charge in [-0.05, 0) is 12.0 Å². The third-order valence-corrected chi connectivity index (χ3v) is 5.48. The van der Waals surface area contributed by atoms with E-state index in [0.29, 0.717) is 25.4 Å². The monoisotopic (exact) mass is 317 g/mol. The summed E-state index contributed by atoms with van der Waals surface area (Å²) in [6.07, 6.45) is 0.586. The Morgan fingerprint density at radius 1 is 1.32 bits per heavy atom. The minimum absolute atomic E-state index is 0.340. The van der Waals surface area contributed by atoms with Crippen molar-refractivity contribution in [3.63, 3.8) is 0 Å². The molecule has 1 aromatic carbocycles. The van der Waals surface area contributed by atoms with Gasteiger partial charge in [-0.25, -0.2) is 0 Å². The maximum absolute atomic E-state index is 12.0. The number of hydrogen-bond donors (Lipinski definition) is 1. The van der Waals surface area contributed by atoms with Crippen LogP contribution in [0.4, 0.5) is 5.13 Å². The highest BCUT2D eigenvalue weighted by Gasteiger charge is 2.47. The molecule has 1 aliphatic rings. The molecule has 0 unspecified atom stereocenters. The second-order valence-corrected chi connectivity index (χ2v) is 6.99. The first-order chi connectivity index (χ1) is 10.5. The van der Waals surface area contributed by atoms with Crippen LogP contribution in [0.3, 0.4) is 0 Å². The normalized spacial score (nSPS) is 21.5. The van der Waals surface area contributed by atoms with Crippen molar-refractivity contribution in [2.45, 2.75) is 31.6 Å². The number of aromatic nitrogens is 2. The molecule has 0 bridgehead atoms. The van der Waals surface area contributed by atoms with Gasteiger partial charge in [0.05, 0.1) is 0 Å². The zero-order valence-electron chi connectivity index (χ0n) is 12.7. The number of anilines is 1. The average Bonchev–Trinajstić information content (AvgIpc) is 3.16.